The van der Waals surface area contributed by atoms with E-state index in [0.29, 0.717) is 11.2 Å². The van der Waals surface area contributed by atoms with Gasteiger partial charge < -0.3 is 19.5 Å². The second-order valence-electron chi connectivity index (χ2n) is 7.98. The fourth-order valence-electron chi connectivity index (χ4n) is 4.59. The number of nitrogens with one attached hydrogen (secondary N) is 1. The molecule has 156 valence electrons. The molecule has 1 fully saturated rings. The van der Waals surface area contributed by atoms with Crippen LogP contribution in [0.2, 0.25) is 0 Å². The Kier molecular flexibility index (Phi) is 5.52. The molecule has 0 unspecified atom stereocenters. The van der Waals surface area contributed by atoms with Crippen LogP contribution in [0.15, 0.2) is 54.7 Å². The summed E-state index contributed by atoms with van der Waals surface area (Å²) < 4.78 is 7.73. The lowest BCUT2D eigenvalue weighted by molar-refractivity contribution is 0.415. The summed E-state index contributed by atoms with van der Waals surface area (Å²) in [5.74, 6) is 0.827. The lowest BCUT2D eigenvalue weighted by Gasteiger charge is -2.28. The lowest BCUT2D eigenvalue weighted by Crippen LogP contribution is -2.29. The first-order valence-corrected chi connectivity index (χ1v) is 10.7. The largest absolute Gasteiger partial charge is 0.497 e. The van der Waals surface area contributed by atoms with Gasteiger partial charge in [0.1, 0.15) is 5.75 Å². The van der Waals surface area contributed by atoms with Crippen molar-refractivity contribution in [3.8, 4) is 5.75 Å². The Morgan fingerprint density at radius 2 is 1.83 bits per heavy atom. The number of aromatic nitrogens is 2. The van der Waals surface area contributed by atoms with Gasteiger partial charge >= 0.3 is 0 Å². The van der Waals surface area contributed by atoms with Crippen molar-refractivity contribution in [1.29, 1.82) is 0 Å². The van der Waals surface area contributed by atoms with E-state index in [2.05, 4.69) is 71.7 Å². The van der Waals surface area contributed by atoms with Gasteiger partial charge in [-0.05, 0) is 87.9 Å². The van der Waals surface area contributed by atoms with Gasteiger partial charge in [0.15, 0.2) is 5.11 Å². The van der Waals surface area contributed by atoms with Gasteiger partial charge in [0.2, 0.25) is 0 Å². The van der Waals surface area contributed by atoms with E-state index >= 15 is 0 Å². The topological polar surface area (TPSA) is 42.3 Å². The van der Waals surface area contributed by atoms with Crippen LogP contribution in [-0.2, 0) is 0 Å². The highest BCUT2D eigenvalue weighted by Crippen LogP contribution is 2.43. The molecule has 30 heavy (non-hydrogen) atoms. The van der Waals surface area contributed by atoms with E-state index < -0.39 is 0 Å². The normalized spacial score (nSPS) is 18.7. The molecule has 0 aliphatic carbocycles. The molecular weight excluding hydrogens is 392 g/mol. The molecule has 3 heterocycles. The number of rotatable bonds is 5. The monoisotopic (exact) mass is 420 g/mol. The Morgan fingerprint density at radius 3 is 2.40 bits per heavy atom. The van der Waals surface area contributed by atoms with Crippen molar-refractivity contribution in [1.82, 2.24) is 14.9 Å². The van der Waals surface area contributed by atoms with E-state index in [0.717, 1.165) is 17.1 Å². The molecule has 3 aromatic rings. The van der Waals surface area contributed by atoms with Gasteiger partial charge in [-0.3, -0.25) is 4.98 Å². The maximum absolute atomic E-state index is 5.82. The van der Waals surface area contributed by atoms with E-state index in [9.17, 15) is 0 Å². The zero-order chi connectivity index (χ0) is 21.4. The number of thiocarbonyl (C=S) groups is 1. The van der Waals surface area contributed by atoms with Gasteiger partial charge in [0.25, 0.3) is 0 Å². The molecular formula is C24H28N4OS. The summed E-state index contributed by atoms with van der Waals surface area (Å²) in [5, 5.41) is 4.24. The van der Waals surface area contributed by atoms with E-state index in [4.69, 9.17) is 17.0 Å². The quantitative estimate of drug-likeness (QED) is 0.570. The minimum absolute atomic E-state index is 0.000468. The van der Waals surface area contributed by atoms with Gasteiger partial charge in [-0.25, -0.2) is 0 Å². The minimum Gasteiger partial charge on any atom is -0.497 e. The summed E-state index contributed by atoms with van der Waals surface area (Å²) in [5.41, 5.74) is 5.80. The molecule has 0 bridgehead atoms. The van der Waals surface area contributed by atoms with E-state index in [1.165, 1.54) is 17.0 Å². The highest BCUT2D eigenvalue weighted by Gasteiger charge is 2.42. The molecule has 1 saturated heterocycles. The average molecular weight is 421 g/mol. The molecule has 6 heteroatoms. The third-order valence-electron chi connectivity index (χ3n) is 5.81. The molecule has 5 nitrogen and oxygen atoms in total. The third kappa shape index (κ3) is 3.45. The highest BCUT2D eigenvalue weighted by atomic mass is 32.1. The van der Waals surface area contributed by atoms with Crippen LogP contribution in [0.5, 0.6) is 5.75 Å². The molecule has 0 amide bonds. The lowest BCUT2D eigenvalue weighted by atomic mass is 9.96. The van der Waals surface area contributed by atoms with Crippen LogP contribution < -0.4 is 15.0 Å². The molecule has 1 aromatic carbocycles. The Hall–Kier alpha value is -2.86. The maximum atomic E-state index is 5.82. The van der Waals surface area contributed by atoms with Crippen molar-refractivity contribution in [2.24, 2.45) is 0 Å². The number of ether oxygens (including phenoxy) is 1. The predicted octanol–water partition coefficient (Wildman–Crippen LogP) is 5.27. The van der Waals surface area contributed by atoms with E-state index in [1.54, 1.807) is 7.11 Å². The number of benzene rings is 1. The molecule has 0 radical (unpaired) electrons. The number of hydrogen-bond donors (Lipinski definition) is 1. The van der Waals surface area contributed by atoms with Crippen molar-refractivity contribution in [3.63, 3.8) is 0 Å². The van der Waals surface area contributed by atoms with E-state index in [-0.39, 0.29) is 12.1 Å². The van der Waals surface area contributed by atoms with Gasteiger partial charge in [0.05, 0.1) is 24.9 Å². The first-order valence-electron chi connectivity index (χ1n) is 10.3. The summed E-state index contributed by atoms with van der Waals surface area (Å²) in [6.07, 6.45) is 1.84. The molecule has 1 aliphatic heterocycles. The third-order valence-corrected chi connectivity index (χ3v) is 6.12. The Labute approximate surface area is 183 Å². The first kappa shape index (κ1) is 20.4. The zero-order valence-corrected chi connectivity index (χ0v) is 18.9. The number of nitrogens with zero attached hydrogens (tertiary/aromatic N) is 3. The molecule has 1 aliphatic rings. The van der Waals surface area contributed by atoms with Crippen LogP contribution >= 0.6 is 12.2 Å². The van der Waals surface area contributed by atoms with Crippen LogP contribution in [0.25, 0.3) is 0 Å². The summed E-state index contributed by atoms with van der Waals surface area (Å²) in [6.45, 7) is 8.81. The number of anilines is 1. The Bertz CT molecular complexity index is 1040. The van der Waals surface area contributed by atoms with Crippen molar-refractivity contribution in [3.05, 3.63) is 77.4 Å². The fourth-order valence-corrected chi connectivity index (χ4v) is 4.93. The van der Waals surface area contributed by atoms with Crippen molar-refractivity contribution >= 4 is 23.0 Å². The minimum atomic E-state index is -0.0399. The molecule has 2 atom stereocenters. The first-order chi connectivity index (χ1) is 14.4. The number of pyridine rings is 1. The predicted molar refractivity (Wildman–Crippen MR) is 125 cm³/mol. The summed E-state index contributed by atoms with van der Waals surface area (Å²) >= 11 is 5.82. The smallest absolute Gasteiger partial charge is 0.174 e. The summed E-state index contributed by atoms with van der Waals surface area (Å²) in [6, 6.07) is 16.7. The number of aryl methyl sites for hydroxylation is 1. The molecule has 0 spiro atoms. The molecule has 1 N–H and O–H groups in total. The number of methoxy groups -OCH3 is 1. The number of hydrogen-bond acceptors (Lipinski definition) is 3. The van der Waals surface area contributed by atoms with Crippen molar-refractivity contribution in [2.75, 3.05) is 12.0 Å². The van der Waals surface area contributed by atoms with Crippen LogP contribution in [0.1, 0.15) is 54.6 Å². The second kappa shape index (κ2) is 8.11. The van der Waals surface area contributed by atoms with E-state index in [1.807, 2.05) is 30.5 Å². The van der Waals surface area contributed by atoms with Crippen LogP contribution in [0.4, 0.5) is 5.69 Å². The second-order valence-corrected chi connectivity index (χ2v) is 8.37. The maximum Gasteiger partial charge on any atom is 0.174 e. The van der Waals surface area contributed by atoms with Gasteiger partial charge in [-0.15, -0.1) is 0 Å². The van der Waals surface area contributed by atoms with Crippen LogP contribution in [-0.4, -0.2) is 21.8 Å². The standard InChI is InChI=1S/C24H28N4OS/c1-15(2)27-16(3)14-20(17(27)4)23-22(21-8-6-7-13-25-21)26-24(30)28(23)18-9-11-19(29-5)12-10-18/h6-15,22-23H,1-5H3,(H,26,30)/t22-,23-/m1/s1. The highest BCUT2D eigenvalue weighted by molar-refractivity contribution is 7.80. The van der Waals surface area contributed by atoms with Gasteiger partial charge in [-0.1, -0.05) is 6.07 Å². The van der Waals surface area contributed by atoms with Gasteiger partial charge in [0, 0.05) is 29.3 Å². The molecule has 2 aromatic heterocycles. The summed E-state index contributed by atoms with van der Waals surface area (Å²) in [4.78, 5) is 6.85. The molecule has 0 saturated carbocycles. The van der Waals surface area contributed by atoms with Crippen LogP contribution in [0, 0.1) is 13.8 Å². The van der Waals surface area contributed by atoms with Crippen LogP contribution in [0.3, 0.4) is 0 Å². The van der Waals surface area contributed by atoms with Crippen molar-refractivity contribution < 1.29 is 4.74 Å². The SMILES string of the molecule is COc1ccc(N2C(=S)N[C@H](c3ccccn3)[C@H]2c2cc(C)n(C(C)C)c2C)cc1. The summed E-state index contributed by atoms with van der Waals surface area (Å²) in [7, 11) is 1.68. The zero-order valence-electron chi connectivity index (χ0n) is 18.1. The fraction of sp³-hybridized carbons (Fsp3) is 0.333. The van der Waals surface area contributed by atoms with Gasteiger partial charge in [-0.2, -0.15) is 0 Å². The Balaban J connectivity index is 1.87. The van der Waals surface area contributed by atoms with Crippen molar-refractivity contribution in [2.45, 2.75) is 45.8 Å². The molecule has 4 rings (SSSR count). The Morgan fingerprint density at radius 1 is 1.10 bits per heavy atom. The average Bonchev–Trinajstić information content (AvgIpc) is 3.24.